The maximum Gasteiger partial charge on any atom is 0.196 e. The fourth-order valence-corrected chi connectivity index (χ4v) is 2.77. The molecule has 0 amide bonds. The maximum absolute atomic E-state index is 14.1. The van der Waals surface area contributed by atoms with Gasteiger partial charge in [0.1, 0.15) is 11.9 Å². The normalized spacial score (nSPS) is 20.1. The number of ketones is 1. The van der Waals surface area contributed by atoms with Gasteiger partial charge in [0.15, 0.2) is 5.78 Å². The van der Waals surface area contributed by atoms with E-state index >= 15 is 0 Å². The quantitative estimate of drug-likeness (QED) is 0.794. The summed E-state index contributed by atoms with van der Waals surface area (Å²) >= 11 is 0. The molecular formula is C16H22FNO2. The molecule has 1 aliphatic rings. The number of Topliss-reactive ketones (excluding diaryl/α,β-unsaturated/α-hetero) is 1. The van der Waals surface area contributed by atoms with Crippen molar-refractivity contribution in [3.05, 3.63) is 34.6 Å². The molecule has 1 aromatic rings. The molecule has 1 fully saturated rings. The molecule has 20 heavy (non-hydrogen) atoms. The molecule has 0 spiro atoms. The molecule has 110 valence electrons. The first-order chi connectivity index (χ1) is 9.52. The van der Waals surface area contributed by atoms with Crippen molar-refractivity contribution in [3.63, 3.8) is 0 Å². The number of aryl methyl sites for hydroxylation is 2. The Kier molecular flexibility index (Phi) is 4.89. The lowest BCUT2D eigenvalue weighted by Gasteiger charge is -2.32. The maximum atomic E-state index is 14.1. The molecule has 1 saturated heterocycles. The Balaban J connectivity index is 2.19. The van der Waals surface area contributed by atoms with Gasteiger partial charge >= 0.3 is 0 Å². The van der Waals surface area contributed by atoms with E-state index in [2.05, 4.69) is 11.8 Å². The third-order valence-corrected chi connectivity index (χ3v) is 3.66. The fraction of sp³-hybridized carbons (Fsp3) is 0.562. The zero-order valence-corrected chi connectivity index (χ0v) is 12.4. The van der Waals surface area contributed by atoms with Crippen LogP contribution in [0.25, 0.3) is 0 Å². The molecule has 1 aromatic carbocycles. The van der Waals surface area contributed by atoms with Gasteiger partial charge in [-0.15, -0.1) is 0 Å². The molecule has 1 unspecified atom stereocenters. The SMILES string of the molecule is CCCN1CCOC(C(=O)c2c(C)cc(C)cc2F)C1. The molecular weight excluding hydrogens is 257 g/mol. The van der Waals surface area contributed by atoms with E-state index in [-0.39, 0.29) is 11.3 Å². The average Bonchev–Trinajstić information content (AvgIpc) is 2.38. The van der Waals surface area contributed by atoms with Gasteiger partial charge in [-0.25, -0.2) is 4.39 Å². The summed E-state index contributed by atoms with van der Waals surface area (Å²) in [5.41, 5.74) is 1.69. The van der Waals surface area contributed by atoms with E-state index in [1.54, 1.807) is 6.92 Å². The van der Waals surface area contributed by atoms with Crippen LogP contribution in [0.5, 0.6) is 0 Å². The summed E-state index contributed by atoms with van der Waals surface area (Å²) in [6.45, 7) is 8.58. The van der Waals surface area contributed by atoms with E-state index < -0.39 is 11.9 Å². The van der Waals surface area contributed by atoms with Crippen molar-refractivity contribution in [3.8, 4) is 0 Å². The molecule has 0 saturated carbocycles. The molecule has 0 bridgehead atoms. The van der Waals surface area contributed by atoms with Crippen molar-refractivity contribution >= 4 is 5.78 Å². The minimum atomic E-state index is -0.550. The van der Waals surface area contributed by atoms with Crippen molar-refractivity contribution < 1.29 is 13.9 Å². The third kappa shape index (κ3) is 3.25. The number of ether oxygens (including phenoxy) is 1. The van der Waals surface area contributed by atoms with Crippen LogP contribution < -0.4 is 0 Å². The van der Waals surface area contributed by atoms with Gasteiger partial charge in [0.25, 0.3) is 0 Å². The highest BCUT2D eigenvalue weighted by Gasteiger charge is 2.29. The molecule has 0 aliphatic carbocycles. The van der Waals surface area contributed by atoms with E-state index in [9.17, 15) is 9.18 Å². The minimum Gasteiger partial charge on any atom is -0.367 e. The first-order valence-electron chi connectivity index (χ1n) is 7.17. The lowest BCUT2D eigenvalue weighted by molar-refractivity contribution is -0.0166. The Bertz CT molecular complexity index is 476. The summed E-state index contributed by atoms with van der Waals surface area (Å²) in [5.74, 6) is -0.676. The second-order valence-electron chi connectivity index (χ2n) is 5.46. The van der Waals surface area contributed by atoms with Crippen LogP contribution in [0.4, 0.5) is 4.39 Å². The number of hydrogen-bond donors (Lipinski definition) is 0. The summed E-state index contributed by atoms with van der Waals surface area (Å²) in [6, 6.07) is 3.25. The highest BCUT2D eigenvalue weighted by molar-refractivity contribution is 6.01. The Morgan fingerprint density at radius 2 is 2.20 bits per heavy atom. The van der Waals surface area contributed by atoms with Crippen molar-refractivity contribution in [2.24, 2.45) is 0 Å². The first-order valence-corrected chi connectivity index (χ1v) is 7.17. The van der Waals surface area contributed by atoms with Crippen LogP contribution in [-0.2, 0) is 4.74 Å². The Hall–Kier alpha value is -1.26. The largest absolute Gasteiger partial charge is 0.367 e. The van der Waals surface area contributed by atoms with Crippen molar-refractivity contribution in [2.75, 3.05) is 26.2 Å². The van der Waals surface area contributed by atoms with Crippen LogP contribution >= 0.6 is 0 Å². The number of hydrogen-bond acceptors (Lipinski definition) is 3. The number of morpholine rings is 1. The van der Waals surface area contributed by atoms with Gasteiger partial charge in [-0.05, 0) is 44.0 Å². The Morgan fingerprint density at radius 3 is 2.85 bits per heavy atom. The number of nitrogens with zero attached hydrogens (tertiary/aromatic N) is 1. The number of benzene rings is 1. The van der Waals surface area contributed by atoms with Crippen LogP contribution in [0.15, 0.2) is 12.1 Å². The molecule has 0 N–H and O–H groups in total. The van der Waals surface area contributed by atoms with Gasteiger partial charge in [0.05, 0.1) is 12.2 Å². The lowest BCUT2D eigenvalue weighted by Crippen LogP contribution is -2.46. The van der Waals surface area contributed by atoms with Crippen molar-refractivity contribution in [2.45, 2.75) is 33.3 Å². The molecule has 1 heterocycles. The first kappa shape index (κ1) is 15.1. The molecule has 3 nitrogen and oxygen atoms in total. The Labute approximate surface area is 119 Å². The molecule has 0 aromatic heterocycles. The summed E-state index contributed by atoms with van der Waals surface area (Å²) < 4.78 is 19.6. The zero-order valence-electron chi connectivity index (χ0n) is 12.4. The second kappa shape index (κ2) is 6.46. The van der Waals surface area contributed by atoms with E-state index in [1.165, 1.54) is 6.07 Å². The van der Waals surface area contributed by atoms with Gasteiger partial charge in [0, 0.05) is 13.1 Å². The Morgan fingerprint density at radius 1 is 1.45 bits per heavy atom. The van der Waals surface area contributed by atoms with Crippen LogP contribution in [0.1, 0.15) is 34.8 Å². The summed E-state index contributed by atoms with van der Waals surface area (Å²) in [5, 5.41) is 0. The van der Waals surface area contributed by atoms with E-state index in [1.807, 2.05) is 13.0 Å². The molecule has 4 heteroatoms. The van der Waals surface area contributed by atoms with Gasteiger partial charge in [0.2, 0.25) is 0 Å². The number of carbonyl (C=O) groups is 1. The van der Waals surface area contributed by atoms with Crippen LogP contribution in [-0.4, -0.2) is 43.0 Å². The fourth-order valence-electron chi connectivity index (χ4n) is 2.77. The molecule has 2 rings (SSSR count). The van der Waals surface area contributed by atoms with Gasteiger partial charge in [-0.1, -0.05) is 13.0 Å². The van der Waals surface area contributed by atoms with Gasteiger partial charge in [-0.2, -0.15) is 0 Å². The predicted molar refractivity (Wildman–Crippen MR) is 76.7 cm³/mol. The topological polar surface area (TPSA) is 29.5 Å². The van der Waals surface area contributed by atoms with Crippen LogP contribution in [0.3, 0.4) is 0 Å². The standard InChI is InChI=1S/C16H22FNO2/c1-4-5-18-6-7-20-14(10-18)16(19)15-12(3)8-11(2)9-13(15)17/h8-9,14H,4-7,10H2,1-3H3. The van der Waals surface area contributed by atoms with E-state index in [0.29, 0.717) is 18.7 Å². The smallest absolute Gasteiger partial charge is 0.196 e. The minimum absolute atomic E-state index is 0.180. The number of halogens is 1. The van der Waals surface area contributed by atoms with Crippen LogP contribution in [0.2, 0.25) is 0 Å². The van der Waals surface area contributed by atoms with Gasteiger partial charge in [-0.3, -0.25) is 9.69 Å². The molecule has 0 radical (unpaired) electrons. The number of rotatable bonds is 4. The molecule has 1 atom stereocenters. The lowest BCUT2D eigenvalue weighted by atomic mass is 9.97. The monoisotopic (exact) mass is 279 g/mol. The summed E-state index contributed by atoms with van der Waals surface area (Å²) in [7, 11) is 0. The molecule has 1 aliphatic heterocycles. The number of carbonyl (C=O) groups excluding carboxylic acids is 1. The third-order valence-electron chi connectivity index (χ3n) is 3.66. The van der Waals surface area contributed by atoms with Crippen LogP contribution in [0, 0.1) is 19.7 Å². The van der Waals surface area contributed by atoms with Crippen molar-refractivity contribution in [1.82, 2.24) is 4.90 Å². The summed E-state index contributed by atoms with van der Waals surface area (Å²) in [4.78, 5) is 14.7. The van der Waals surface area contributed by atoms with E-state index in [4.69, 9.17) is 4.74 Å². The highest BCUT2D eigenvalue weighted by atomic mass is 19.1. The van der Waals surface area contributed by atoms with Crippen molar-refractivity contribution in [1.29, 1.82) is 0 Å². The predicted octanol–water partition coefficient (Wildman–Crippen LogP) is 2.74. The van der Waals surface area contributed by atoms with Gasteiger partial charge < -0.3 is 4.74 Å². The average molecular weight is 279 g/mol. The summed E-state index contributed by atoms with van der Waals surface area (Å²) in [6.07, 6.45) is 0.491. The second-order valence-corrected chi connectivity index (χ2v) is 5.46. The van der Waals surface area contributed by atoms with E-state index in [0.717, 1.165) is 25.1 Å². The zero-order chi connectivity index (χ0) is 14.7. The highest BCUT2D eigenvalue weighted by Crippen LogP contribution is 2.20.